The number of hydrogen-bond acceptors (Lipinski definition) is 5. The first-order valence-corrected chi connectivity index (χ1v) is 5.86. The normalized spacial score (nSPS) is 10.5. The second-order valence-electron chi connectivity index (χ2n) is 4.01. The molecule has 0 spiro atoms. The van der Waals surface area contributed by atoms with Crippen LogP contribution in [0.25, 0.3) is 23.0 Å². The van der Waals surface area contributed by atoms with Crippen molar-refractivity contribution in [3.8, 4) is 28.7 Å². The molecule has 0 amide bonds. The van der Waals surface area contributed by atoms with E-state index in [1.807, 2.05) is 24.3 Å². The number of aromatic nitrogens is 3. The Morgan fingerprint density at radius 2 is 1.90 bits per heavy atom. The lowest BCUT2D eigenvalue weighted by Gasteiger charge is -1.98. The maximum atomic E-state index is 12.8. The molecule has 0 radical (unpaired) electrons. The van der Waals surface area contributed by atoms with Crippen molar-refractivity contribution in [2.45, 2.75) is 0 Å². The molecule has 0 saturated heterocycles. The Morgan fingerprint density at radius 1 is 1.10 bits per heavy atom. The quantitative estimate of drug-likeness (QED) is 0.733. The van der Waals surface area contributed by atoms with E-state index >= 15 is 0 Å². The topological polar surface area (TPSA) is 61.0 Å². The van der Waals surface area contributed by atoms with Crippen LogP contribution in [0, 0.1) is 5.82 Å². The average molecular weight is 271 g/mol. The Kier molecular flexibility index (Phi) is 3.12. The van der Waals surface area contributed by atoms with Gasteiger partial charge in [-0.05, 0) is 36.4 Å². The van der Waals surface area contributed by atoms with E-state index in [-0.39, 0.29) is 5.89 Å². The van der Waals surface area contributed by atoms with E-state index in [2.05, 4.69) is 15.1 Å². The minimum Gasteiger partial charge on any atom is -0.497 e. The lowest BCUT2D eigenvalue weighted by atomic mass is 10.2. The largest absolute Gasteiger partial charge is 0.497 e. The molecule has 0 bridgehead atoms. The third-order valence-electron chi connectivity index (χ3n) is 2.72. The third-order valence-corrected chi connectivity index (χ3v) is 2.72. The van der Waals surface area contributed by atoms with E-state index in [9.17, 15) is 4.39 Å². The molecular weight excluding hydrogens is 261 g/mol. The molecule has 2 heterocycles. The summed E-state index contributed by atoms with van der Waals surface area (Å²) < 4.78 is 23.0. The lowest BCUT2D eigenvalue weighted by molar-refractivity contribution is 0.414. The van der Waals surface area contributed by atoms with Gasteiger partial charge in [0.15, 0.2) is 0 Å². The highest BCUT2D eigenvalue weighted by atomic mass is 19.1. The van der Waals surface area contributed by atoms with Crippen LogP contribution in [0.4, 0.5) is 4.39 Å². The van der Waals surface area contributed by atoms with Crippen LogP contribution in [0.2, 0.25) is 0 Å². The average Bonchev–Trinajstić information content (AvgIpc) is 2.98. The van der Waals surface area contributed by atoms with Gasteiger partial charge in [0.2, 0.25) is 5.82 Å². The molecule has 2 aromatic heterocycles. The molecule has 100 valence electrons. The number of benzene rings is 1. The molecule has 0 aliphatic carbocycles. The summed E-state index contributed by atoms with van der Waals surface area (Å²) in [6, 6.07) is 10.0. The van der Waals surface area contributed by atoms with Crippen LogP contribution >= 0.6 is 0 Å². The van der Waals surface area contributed by atoms with Crippen molar-refractivity contribution < 1.29 is 13.7 Å². The van der Waals surface area contributed by atoms with E-state index in [1.54, 1.807) is 7.11 Å². The molecule has 0 N–H and O–H groups in total. The molecule has 3 aromatic rings. The smallest absolute Gasteiger partial charge is 0.276 e. The maximum Gasteiger partial charge on any atom is 0.276 e. The molecule has 1 aromatic carbocycles. The van der Waals surface area contributed by atoms with Gasteiger partial charge in [0.1, 0.15) is 17.3 Å². The van der Waals surface area contributed by atoms with Crippen molar-refractivity contribution in [2.75, 3.05) is 7.11 Å². The van der Waals surface area contributed by atoms with Crippen LogP contribution in [0.5, 0.6) is 5.75 Å². The van der Waals surface area contributed by atoms with E-state index in [1.165, 1.54) is 12.1 Å². The molecule has 20 heavy (non-hydrogen) atoms. The van der Waals surface area contributed by atoms with Crippen molar-refractivity contribution in [3.63, 3.8) is 0 Å². The Balaban J connectivity index is 1.91. The molecule has 0 atom stereocenters. The van der Waals surface area contributed by atoms with Crippen molar-refractivity contribution in [1.29, 1.82) is 0 Å². The summed E-state index contributed by atoms with van der Waals surface area (Å²) in [4.78, 5) is 8.12. The van der Waals surface area contributed by atoms with Gasteiger partial charge >= 0.3 is 0 Å². The molecule has 6 heteroatoms. The number of halogens is 1. The molecular formula is C14H10FN3O2. The zero-order chi connectivity index (χ0) is 13.9. The summed E-state index contributed by atoms with van der Waals surface area (Å²) in [6.45, 7) is 0. The van der Waals surface area contributed by atoms with Gasteiger partial charge in [-0.25, -0.2) is 9.37 Å². The van der Waals surface area contributed by atoms with Crippen molar-refractivity contribution in [2.24, 2.45) is 0 Å². The Hall–Kier alpha value is -2.76. The second-order valence-corrected chi connectivity index (χ2v) is 4.01. The molecule has 0 aliphatic heterocycles. The summed E-state index contributed by atoms with van der Waals surface area (Å²) in [7, 11) is 1.60. The van der Waals surface area contributed by atoms with Gasteiger partial charge in [0, 0.05) is 5.56 Å². The zero-order valence-electron chi connectivity index (χ0n) is 10.6. The standard InChI is InChI=1S/C14H10FN3O2/c1-19-11-5-2-9(3-6-11)13-17-14(20-18-13)12-7-4-10(15)8-16-12/h2-8H,1H3. The van der Waals surface area contributed by atoms with E-state index in [0.717, 1.165) is 17.5 Å². The fourth-order valence-corrected chi connectivity index (χ4v) is 1.69. The van der Waals surface area contributed by atoms with Crippen LogP contribution in [-0.2, 0) is 0 Å². The Morgan fingerprint density at radius 3 is 2.55 bits per heavy atom. The van der Waals surface area contributed by atoms with Gasteiger partial charge in [0.05, 0.1) is 13.3 Å². The van der Waals surface area contributed by atoms with Gasteiger partial charge in [-0.3, -0.25) is 0 Å². The van der Waals surface area contributed by atoms with E-state index in [0.29, 0.717) is 11.5 Å². The summed E-state index contributed by atoms with van der Waals surface area (Å²) >= 11 is 0. The highest BCUT2D eigenvalue weighted by Gasteiger charge is 2.11. The number of methoxy groups -OCH3 is 1. The van der Waals surface area contributed by atoms with Crippen molar-refractivity contribution in [3.05, 3.63) is 48.4 Å². The monoisotopic (exact) mass is 271 g/mol. The number of ether oxygens (including phenoxy) is 1. The van der Waals surface area contributed by atoms with Crippen LogP contribution < -0.4 is 4.74 Å². The van der Waals surface area contributed by atoms with Crippen LogP contribution in [0.15, 0.2) is 47.1 Å². The van der Waals surface area contributed by atoms with Crippen LogP contribution in [0.1, 0.15) is 0 Å². The Bertz CT molecular complexity index is 708. The minimum absolute atomic E-state index is 0.246. The number of nitrogens with zero attached hydrogens (tertiary/aromatic N) is 3. The summed E-state index contributed by atoms with van der Waals surface area (Å²) in [5.41, 5.74) is 1.22. The second kappa shape index (κ2) is 5.08. The van der Waals surface area contributed by atoms with E-state index in [4.69, 9.17) is 9.26 Å². The van der Waals surface area contributed by atoms with E-state index < -0.39 is 5.82 Å². The SMILES string of the molecule is COc1ccc(-c2noc(-c3ccc(F)cn3)n2)cc1. The minimum atomic E-state index is -0.413. The summed E-state index contributed by atoms with van der Waals surface area (Å²) in [5.74, 6) is 1.02. The predicted molar refractivity (Wildman–Crippen MR) is 69.5 cm³/mol. The molecule has 3 rings (SSSR count). The van der Waals surface area contributed by atoms with Gasteiger partial charge < -0.3 is 9.26 Å². The fourth-order valence-electron chi connectivity index (χ4n) is 1.69. The van der Waals surface area contributed by atoms with Crippen molar-refractivity contribution >= 4 is 0 Å². The highest BCUT2D eigenvalue weighted by Crippen LogP contribution is 2.22. The van der Waals surface area contributed by atoms with Gasteiger partial charge in [-0.15, -0.1) is 0 Å². The molecule has 5 nitrogen and oxygen atoms in total. The molecule has 0 saturated carbocycles. The highest BCUT2D eigenvalue weighted by molar-refractivity contribution is 5.58. The summed E-state index contributed by atoms with van der Waals surface area (Å²) in [6.07, 6.45) is 1.10. The summed E-state index contributed by atoms with van der Waals surface area (Å²) in [5, 5.41) is 3.88. The number of rotatable bonds is 3. The van der Waals surface area contributed by atoms with Gasteiger partial charge in [-0.1, -0.05) is 5.16 Å². The van der Waals surface area contributed by atoms with Crippen LogP contribution in [-0.4, -0.2) is 22.2 Å². The number of pyridine rings is 1. The number of hydrogen-bond donors (Lipinski definition) is 0. The van der Waals surface area contributed by atoms with Gasteiger partial charge in [-0.2, -0.15) is 4.98 Å². The lowest BCUT2D eigenvalue weighted by Crippen LogP contribution is -1.86. The first-order valence-electron chi connectivity index (χ1n) is 5.86. The van der Waals surface area contributed by atoms with Gasteiger partial charge in [0.25, 0.3) is 5.89 Å². The predicted octanol–water partition coefficient (Wildman–Crippen LogP) is 2.95. The molecule has 0 aliphatic rings. The Labute approximate surface area is 114 Å². The maximum absolute atomic E-state index is 12.8. The molecule has 0 fully saturated rings. The van der Waals surface area contributed by atoms with Crippen molar-refractivity contribution in [1.82, 2.24) is 15.1 Å². The first kappa shape index (κ1) is 12.3. The third kappa shape index (κ3) is 2.35. The zero-order valence-corrected chi connectivity index (χ0v) is 10.6. The van der Waals surface area contributed by atoms with Crippen LogP contribution in [0.3, 0.4) is 0 Å². The first-order chi connectivity index (χ1) is 9.76. The fraction of sp³-hybridized carbons (Fsp3) is 0.0714. The molecule has 0 unspecified atom stereocenters.